The lowest BCUT2D eigenvalue weighted by Crippen LogP contribution is -2.12. The normalized spacial score (nSPS) is 17.5. The van der Waals surface area contributed by atoms with Crippen LogP contribution in [0.1, 0.15) is 35.4 Å². The smallest absolute Gasteiger partial charge is 0.156 e. The van der Waals surface area contributed by atoms with E-state index in [-0.39, 0.29) is 11.7 Å². The Balaban J connectivity index is 1.84. The summed E-state index contributed by atoms with van der Waals surface area (Å²) in [7, 11) is 1.66. The number of allylic oxidation sites excluding steroid dienone is 2. The first-order valence-corrected chi connectivity index (χ1v) is 7.80. The molecule has 23 heavy (non-hydrogen) atoms. The van der Waals surface area contributed by atoms with Gasteiger partial charge in [0.1, 0.15) is 5.75 Å². The van der Waals surface area contributed by atoms with Crippen molar-refractivity contribution in [2.75, 3.05) is 7.11 Å². The van der Waals surface area contributed by atoms with Gasteiger partial charge in [0, 0.05) is 6.42 Å². The predicted molar refractivity (Wildman–Crippen MR) is 94.5 cm³/mol. The third kappa shape index (κ3) is 3.42. The minimum absolute atomic E-state index is 0.194. The Kier molecular flexibility index (Phi) is 4.42. The summed E-state index contributed by atoms with van der Waals surface area (Å²) in [6, 6.07) is 16.2. The molecule has 1 atom stereocenters. The van der Waals surface area contributed by atoms with Crippen LogP contribution in [0.2, 0.25) is 0 Å². The molecule has 1 unspecified atom stereocenters. The second-order valence-electron chi connectivity index (χ2n) is 5.84. The monoisotopic (exact) mass is 304 g/mol. The zero-order valence-corrected chi connectivity index (χ0v) is 13.3. The molecular formula is C21H20O2. The van der Waals surface area contributed by atoms with Gasteiger partial charge in [0.15, 0.2) is 5.78 Å². The van der Waals surface area contributed by atoms with Crippen molar-refractivity contribution >= 4 is 17.4 Å². The number of carbonyl (C=O) groups excluding carboxylic acids is 1. The second kappa shape index (κ2) is 6.66. The Morgan fingerprint density at radius 1 is 1.04 bits per heavy atom. The summed E-state index contributed by atoms with van der Waals surface area (Å²) >= 11 is 0. The summed E-state index contributed by atoms with van der Waals surface area (Å²) < 4.78 is 5.20. The van der Waals surface area contributed by atoms with E-state index in [1.807, 2.05) is 30.3 Å². The average molecular weight is 304 g/mol. The lowest BCUT2D eigenvalue weighted by molar-refractivity contribution is -0.115. The molecule has 0 heterocycles. The van der Waals surface area contributed by atoms with Crippen LogP contribution in [0.25, 0.3) is 11.6 Å². The van der Waals surface area contributed by atoms with Gasteiger partial charge >= 0.3 is 0 Å². The Morgan fingerprint density at radius 3 is 2.35 bits per heavy atom. The average Bonchev–Trinajstić information content (AvgIpc) is 2.61. The molecule has 0 aliphatic heterocycles. The van der Waals surface area contributed by atoms with Crippen LogP contribution in [-0.2, 0) is 4.79 Å². The number of benzene rings is 2. The molecule has 1 aliphatic rings. The first kappa shape index (κ1) is 15.3. The van der Waals surface area contributed by atoms with E-state index in [2.05, 4.69) is 30.8 Å². The Morgan fingerprint density at radius 2 is 1.74 bits per heavy atom. The van der Waals surface area contributed by atoms with Gasteiger partial charge in [-0.05, 0) is 52.8 Å². The van der Waals surface area contributed by atoms with E-state index in [0.29, 0.717) is 6.42 Å². The maximum atomic E-state index is 12.2. The lowest BCUT2D eigenvalue weighted by atomic mass is 9.81. The zero-order valence-electron chi connectivity index (χ0n) is 13.3. The first-order chi connectivity index (χ1) is 11.2. The summed E-state index contributed by atoms with van der Waals surface area (Å²) in [6.45, 7) is 3.77. The van der Waals surface area contributed by atoms with Crippen LogP contribution in [0.5, 0.6) is 5.75 Å². The quantitative estimate of drug-likeness (QED) is 0.805. The zero-order chi connectivity index (χ0) is 16.2. The van der Waals surface area contributed by atoms with E-state index < -0.39 is 0 Å². The third-order valence-corrected chi connectivity index (χ3v) is 4.35. The number of methoxy groups -OCH3 is 1. The fourth-order valence-electron chi connectivity index (χ4n) is 3.04. The first-order valence-electron chi connectivity index (χ1n) is 7.80. The van der Waals surface area contributed by atoms with E-state index in [4.69, 9.17) is 4.74 Å². The number of ether oxygens (including phenoxy) is 1. The lowest BCUT2D eigenvalue weighted by Gasteiger charge is -2.23. The fourth-order valence-corrected chi connectivity index (χ4v) is 3.04. The largest absolute Gasteiger partial charge is 0.497 e. The highest BCUT2D eigenvalue weighted by Crippen LogP contribution is 2.36. The van der Waals surface area contributed by atoms with Gasteiger partial charge in [-0.1, -0.05) is 49.1 Å². The number of hydrogen-bond acceptors (Lipinski definition) is 2. The Hall–Kier alpha value is -2.61. The van der Waals surface area contributed by atoms with E-state index in [9.17, 15) is 4.79 Å². The van der Waals surface area contributed by atoms with E-state index in [1.165, 1.54) is 5.56 Å². The molecule has 2 nitrogen and oxygen atoms in total. The van der Waals surface area contributed by atoms with Crippen molar-refractivity contribution < 1.29 is 9.53 Å². The SMILES string of the molecule is C=Cc1ccc(C2=CC(=O)CC(c3ccc(OC)cc3)C2)cc1. The Bertz CT molecular complexity index is 736. The van der Waals surface area contributed by atoms with Gasteiger partial charge in [-0.15, -0.1) is 0 Å². The third-order valence-electron chi connectivity index (χ3n) is 4.35. The van der Waals surface area contributed by atoms with Crippen molar-refractivity contribution in [2.45, 2.75) is 18.8 Å². The summed E-state index contributed by atoms with van der Waals surface area (Å²) in [4.78, 5) is 12.2. The predicted octanol–water partition coefficient (Wildman–Crippen LogP) is 4.87. The van der Waals surface area contributed by atoms with Gasteiger partial charge in [-0.2, -0.15) is 0 Å². The summed E-state index contributed by atoms with van der Waals surface area (Å²) in [5, 5.41) is 0. The molecule has 116 valence electrons. The molecule has 1 aliphatic carbocycles. The standard InChI is InChI=1S/C21H20O2/c1-3-15-4-6-16(7-5-15)18-12-19(14-20(22)13-18)17-8-10-21(23-2)11-9-17/h3-11,13,19H,1,12,14H2,2H3. The van der Waals surface area contributed by atoms with Crippen LogP contribution < -0.4 is 4.74 Å². The maximum absolute atomic E-state index is 12.2. The van der Waals surface area contributed by atoms with Crippen LogP contribution in [0, 0.1) is 0 Å². The number of ketones is 1. The van der Waals surface area contributed by atoms with Gasteiger partial charge in [-0.25, -0.2) is 0 Å². The van der Waals surface area contributed by atoms with Crippen molar-refractivity contribution in [2.24, 2.45) is 0 Å². The molecule has 0 aromatic heterocycles. The van der Waals surface area contributed by atoms with Gasteiger partial charge in [0.25, 0.3) is 0 Å². The molecular weight excluding hydrogens is 284 g/mol. The molecule has 2 aromatic rings. The molecule has 0 fully saturated rings. The highest BCUT2D eigenvalue weighted by molar-refractivity contribution is 5.99. The molecule has 0 spiro atoms. The van der Waals surface area contributed by atoms with Crippen molar-refractivity contribution in [3.63, 3.8) is 0 Å². The molecule has 0 saturated heterocycles. The van der Waals surface area contributed by atoms with Crippen molar-refractivity contribution in [1.29, 1.82) is 0 Å². The van der Waals surface area contributed by atoms with E-state index >= 15 is 0 Å². The molecule has 0 radical (unpaired) electrons. The van der Waals surface area contributed by atoms with Crippen LogP contribution in [-0.4, -0.2) is 12.9 Å². The molecule has 0 amide bonds. The molecule has 2 aromatic carbocycles. The summed E-state index contributed by atoms with van der Waals surface area (Å²) in [5.41, 5.74) is 4.50. The van der Waals surface area contributed by atoms with Crippen LogP contribution in [0.4, 0.5) is 0 Å². The second-order valence-corrected chi connectivity index (χ2v) is 5.84. The molecule has 0 saturated carbocycles. The summed E-state index contributed by atoms with van der Waals surface area (Å²) in [5.74, 6) is 1.26. The Labute approximate surface area is 137 Å². The molecule has 0 bridgehead atoms. The van der Waals surface area contributed by atoms with Gasteiger partial charge in [0.2, 0.25) is 0 Å². The van der Waals surface area contributed by atoms with E-state index in [1.54, 1.807) is 13.2 Å². The van der Waals surface area contributed by atoms with Crippen LogP contribution in [0.3, 0.4) is 0 Å². The van der Waals surface area contributed by atoms with Crippen LogP contribution in [0.15, 0.2) is 61.2 Å². The highest BCUT2D eigenvalue weighted by atomic mass is 16.5. The maximum Gasteiger partial charge on any atom is 0.156 e. The van der Waals surface area contributed by atoms with Gasteiger partial charge in [-0.3, -0.25) is 4.79 Å². The molecule has 2 heteroatoms. The van der Waals surface area contributed by atoms with Crippen molar-refractivity contribution in [1.82, 2.24) is 0 Å². The topological polar surface area (TPSA) is 26.3 Å². The summed E-state index contributed by atoms with van der Waals surface area (Å²) in [6.07, 6.45) is 5.07. The minimum Gasteiger partial charge on any atom is -0.497 e. The van der Waals surface area contributed by atoms with E-state index in [0.717, 1.165) is 28.9 Å². The van der Waals surface area contributed by atoms with Gasteiger partial charge in [0.05, 0.1) is 7.11 Å². The highest BCUT2D eigenvalue weighted by Gasteiger charge is 2.23. The number of rotatable bonds is 4. The number of hydrogen-bond donors (Lipinski definition) is 0. The molecule has 0 N–H and O–H groups in total. The van der Waals surface area contributed by atoms with Crippen LogP contribution >= 0.6 is 0 Å². The number of carbonyl (C=O) groups is 1. The van der Waals surface area contributed by atoms with Gasteiger partial charge < -0.3 is 4.74 Å². The van der Waals surface area contributed by atoms with Crippen molar-refractivity contribution in [3.05, 3.63) is 77.9 Å². The van der Waals surface area contributed by atoms with Crippen molar-refractivity contribution in [3.8, 4) is 5.75 Å². The minimum atomic E-state index is 0.194. The fraction of sp³-hybridized carbons (Fsp3) is 0.190. The molecule has 3 rings (SSSR count).